The van der Waals surface area contributed by atoms with Gasteiger partial charge < -0.3 is 0 Å². The maximum atomic E-state index is 8.58. The van der Waals surface area contributed by atoms with E-state index in [1.165, 1.54) is 0 Å². The summed E-state index contributed by atoms with van der Waals surface area (Å²) in [5, 5.41) is 51.5. The maximum Gasteiger partial charge on any atom is 0 e. The van der Waals surface area contributed by atoms with Crippen molar-refractivity contribution in [1.82, 2.24) is 0 Å². The molecular weight excluding hydrogens is 251 g/mol. The molecule has 0 amide bonds. The molecule has 0 saturated heterocycles. The summed E-state index contributed by atoms with van der Waals surface area (Å²) in [6.07, 6.45) is 0. The predicted octanol–water partition coefficient (Wildman–Crippen LogP) is -0.283. The second-order valence-corrected chi connectivity index (χ2v) is 7.42. The largest absolute Gasteiger partial charge is 0 e. The van der Waals surface area contributed by atoms with Crippen molar-refractivity contribution < 1.29 is 10.7 Å². The van der Waals surface area contributed by atoms with Crippen molar-refractivity contribution in [2.75, 3.05) is 0 Å². The fourth-order valence-corrected chi connectivity index (χ4v) is 1.09. The molecule has 63 valence electrons. The van der Waals surface area contributed by atoms with Gasteiger partial charge >= 0.3 is 72.1 Å². The van der Waals surface area contributed by atoms with Crippen LogP contribution in [-0.2, 0) is 10.7 Å². The Morgan fingerprint density at radius 1 is 0.500 bits per heavy atom. The van der Waals surface area contributed by atoms with Gasteiger partial charge in [-0.05, 0) is 0 Å². The zero-order valence-corrected chi connectivity index (χ0v) is 11.3. The third-order valence-corrected chi connectivity index (χ3v) is 4.89. The number of rotatable bonds is 0. The third-order valence-electron chi connectivity index (χ3n) is 1.19. The molecule has 0 bridgehead atoms. The molecular formula is C6FeKN6. The number of hydrogen-bond acceptors (Lipinski definition) is 6. The third kappa shape index (κ3) is 1.34. The van der Waals surface area contributed by atoms with Crippen molar-refractivity contribution in [2.24, 2.45) is 0 Å². The predicted molar refractivity (Wildman–Crippen MR) is 39.4 cm³/mol. The first-order valence-corrected chi connectivity index (χ1v) is 5.71. The van der Waals surface area contributed by atoms with E-state index in [-0.39, 0.29) is 51.4 Å². The van der Waals surface area contributed by atoms with Gasteiger partial charge in [0, 0.05) is 51.4 Å². The zero-order chi connectivity index (χ0) is 10.7. The van der Waals surface area contributed by atoms with Crippen LogP contribution in [0, 0.1) is 61.4 Å². The molecule has 8 heteroatoms. The molecule has 0 rings (SSSR count). The van der Waals surface area contributed by atoms with E-state index in [0.717, 1.165) is 29.8 Å². The van der Waals surface area contributed by atoms with Crippen LogP contribution in [-0.4, -0.2) is 51.4 Å². The molecule has 14 heavy (non-hydrogen) atoms. The first-order chi connectivity index (χ1) is 5.97. The Bertz CT molecular complexity index is 392. The van der Waals surface area contributed by atoms with Crippen LogP contribution in [0.15, 0.2) is 0 Å². The molecule has 0 unspecified atom stereocenters. The number of hydrogen-bond donors (Lipinski definition) is 0. The normalized spacial score (nSPS) is 12.4. The van der Waals surface area contributed by atoms with Gasteiger partial charge in [-0.1, -0.05) is 0 Å². The molecule has 0 aliphatic carbocycles. The second-order valence-electron chi connectivity index (χ2n) is 1.80. The Hall–Kier alpha value is -0.904. The van der Waals surface area contributed by atoms with Crippen molar-refractivity contribution >= 4 is 51.4 Å². The molecule has 0 atom stereocenters. The van der Waals surface area contributed by atoms with E-state index in [2.05, 4.69) is 0 Å². The van der Waals surface area contributed by atoms with Crippen LogP contribution in [0.1, 0.15) is 0 Å². The minimum atomic E-state index is -6.17. The van der Waals surface area contributed by atoms with E-state index in [4.69, 9.17) is 31.6 Å². The molecule has 0 aliphatic heterocycles. The summed E-state index contributed by atoms with van der Waals surface area (Å²) in [5.41, 5.74) is 0. The van der Waals surface area contributed by atoms with Crippen molar-refractivity contribution in [3.05, 3.63) is 0 Å². The maximum absolute atomic E-state index is 8.58. The van der Waals surface area contributed by atoms with E-state index in [1.54, 1.807) is 0 Å². The van der Waals surface area contributed by atoms with Crippen LogP contribution < -0.4 is 0 Å². The molecule has 0 aromatic rings. The molecule has 0 aliphatic rings. The van der Waals surface area contributed by atoms with Crippen LogP contribution in [0.4, 0.5) is 0 Å². The van der Waals surface area contributed by atoms with Crippen LogP contribution >= 0.6 is 0 Å². The topological polar surface area (TPSA) is 143 Å². The van der Waals surface area contributed by atoms with Gasteiger partial charge in [0.15, 0.2) is 0 Å². The van der Waals surface area contributed by atoms with Crippen LogP contribution in [0.5, 0.6) is 0 Å². The van der Waals surface area contributed by atoms with E-state index in [1.807, 2.05) is 0 Å². The minimum Gasteiger partial charge on any atom is 0 e. The van der Waals surface area contributed by atoms with E-state index >= 15 is 0 Å². The molecule has 0 aromatic carbocycles. The Balaban J connectivity index is 0. The Morgan fingerprint density at radius 2 is 0.643 bits per heavy atom. The molecule has 0 spiro atoms. The second kappa shape index (κ2) is 3.69. The molecule has 0 heterocycles. The summed E-state index contributed by atoms with van der Waals surface area (Å²) in [7, 11) is -6.17. The van der Waals surface area contributed by atoms with Gasteiger partial charge in [0.1, 0.15) is 0 Å². The SMILES string of the molecule is N#[C][Fe]([C]#N)([C]#N)([C]#N)([C]#N)[C]#N.[K]. The summed E-state index contributed by atoms with van der Waals surface area (Å²) < 4.78 is 0. The fraction of sp³-hybridized carbons (Fsp3) is 0. The quantitative estimate of drug-likeness (QED) is 0.541. The smallest absolute Gasteiger partial charge is 0 e. The van der Waals surface area contributed by atoms with Crippen molar-refractivity contribution in [3.8, 4) is 29.8 Å². The van der Waals surface area contributed by atoms with E-state index < -0.39 is 10.7 Å². The summed E-state index contributed by atoms with van der Waals surface area (Å²) in [6, 6.07) is 0. The van der Waals surface area contributed by atoms with Crippen molar-refractivity contribution in [2.45, 2.75) is 0 Å². The summed E-state index contributed by atoms with van der Waals surface area (Å²) in [6.45, 7) is 0. The van der Waals surface area contributed by atoms with Gasteiger partial charge in [0.05, 0.1) is 0 Å². The van der Waals surface area contributed by atoms with Gasteiger partial charge in [-0.3, -0.25) is 0 Å². The molecule has 0 saturated carbocycles. The number of nitrogens with zero attached hydrogens (tertiary/aromatic N) is 6. The van der Waals surface area contributed by atoms with Gasteiger partial charge in [-0.2, -0.15) is 0 Å². The van der Waals surface area contributed by atoms with Crippen LogP contribution in [0.2, 0.25) is 0 Å². The summed E-state index contributed by atoms with van der Waals surface area (Å²) >= 11 is 0. The van der Waals surface area contributed by atoms with Gasteiger partial charge in [-0.15, -0.1) is 0 Å². The molecule has 0 N–H and O–H groups in total. The average molecular weight is 251 g/mol. The fourth-order valence-electron chi connectivity index (χ4n) is 0.265. The van der Waals surface area contributed by atoms with Crippen molar-refractivity contribution in [1.29, 1.82) is 31.6 Å². The van der Waals surface area contributed by atoms with Gasteiger partial charge in [0.2, 0.25) is 0 Å². The number of nitriles is 6. The van der Waals surface area contributed by atoms with E-state index in [9.17, 15) is 0 Å². The Labute approximate surface area is 122 Å². The van der Waals surface area contributed by atoms with Gasteiger partial charge in [-0.25, -0.2) is 0 Å². The van der Waals surface area contributed by atoms with Crippen LogP contribution in [0.3, 0.4) is 0 Å². The Morgan fingerprint density at radius 3 is 0.643 bits per heavy atom. The van der Waals surface area contributed by atoms with Crippen LogP contribution in [0.25, 0.3) is 0 Å². The minimum absolute atomic E-state index is 0. The van der Waals surface area contributed by atoms with E-state index in [0.29, 0.717) is 0 Å². The van der Waals surface area contributed by atoms with Crippen molar-refractivity contribution in [3.63, 3.8) is 0 Å². The first kappa shape index (κ1) is 15.6. The molecule has 0 aromatic heterocycles. The monoisotopic (exact) mass is 251 g/mol. The first-order valence-electron chi connectivity index (χ1n) is 2.40. The molecule has 0 fully saturated rings. The average Bonchev–Trinajstić information content (AvgIpc) is 2.26. The summed E-state index contributed by atoms with van der Waals surface area (Å²) in [5.74, 6) is 0. The Kier molecular flexibility index (Phi) is 4.10. The standard InChI is InChI=1S/6CN.Fe.K/c6*1-2;;. The molecule has 6 nitrogen and oxygen atoms in total. The summed E-state index contributed by atoms with van der Waals surface area (Å²) in [4.78, 5) is 6.19. The van der Waals surface area contributed by atoms with Gasteiger partial charge in [0.25, 0.3) is 0 Å². The zero-order valence-electron chi connectivity index (χ0n) is 7.04. The molecule has 1 radical (unpaired) electrons.